The van der Waals surface area contributed by atoms with E-state index in [0.717, 1.165) is 6.42 Å². The number of hydrogen-bond acceptors (Lipinski definition) is 2. The normalized spacial score (nSPS) is 43.2. The van der Waals surface area contributed by atoms with Gasteiger partial charge in [-0.25, -0.2) is 0 Å². The van der Waals surface area contributed by atoms with Crippen molar-refractivity contribution in [2.75, 3.05) is 0 Å². The highest BCUT2D eigenvalue weighted by molar-refractivity contribution is 6.17. The number of Topliss-reactive ketones (excluding diaryl/α,β-unsaturated/α-hetero) is 2. The molecule has 0 amide bonds. The summed E-state index contributed by atoms with van der Waals surface area (Å²) in [5, 5.41) is 0. The Morgan fingerprint density at radius 2 is 1.21 bits per heavy atom. The van der Waals surface area contributed by atoms with Gasteiger partial charge >= 0.3 is 0 Å². The van der Waals surface area contributed by atoms with Gasteiger partial charge in [-0.3, -0.25) is 9.59 Å². The summed E-state index contributed by atoms with van der Waals surface area (Å²) in [6.07, 6.45) is 0.971. The molecule has 126 valence electrons. The van der Waals surface area contributed by atoms with Crippen molar-refractivity contribution >= 4 is 11.6 Å². The van der Waals surface area contributed by atoms with Gasteiger partial charge in [-0.2, -0.15) is 0 Å². The molecule has 1 aromatic carbocycles. The summed E-state index contributed by atoms with van der Waals surface area (Å²) in [4.78, 5) is 26.9. The first-order valence-corrected chi connectivity index (χ1v) is 9.03. The molecule has 2 nitrogen and oxygen atoms in total. The van der Waals surface area contributed by atoms with Crippen LogP contribution in [0.3, 0.4) is 0 Å². The molecule has 3 aliphatic carbocycles. The van der Waals surface area contributed by atoms with Crippen LogP contribution in [-0.4, -0.2) is 11.6 Å². The molecule has 24 heavy (non-hydrogen) atoms. The Bertz CT molecular complexity index is 767. The molecule has 0 N–H and O–H groups in total. The average molecular weight is 322 g/mol. The molecule has 4 unspecified atom stereocenters. The van der Waals surface area contributed by atoms with Gasteiger partial charge in [0.25, 0.3) is 0 Å². The van der Waals surface area contributed by atoms with Crippen molar-refractivity contribution in [3.05, 3.63) is 46.5 Å². The summed E-state index contributed by atoms with van der Waals surface area (Å²) in [6.45, 7) is 13.4. The quantitative estimate of drug-likeness (QED) is 0.675. The molecular weight excluding hydrogens is 296 g/mol. The highest BCUT2D eigenvalue weighted by Crippen LogP contribution is 2.80. The van der Waals surface area contributed by atoms with E-state index in [-0.39, 0.29) is 39.6 Å². The number of hydrogen-bond donors (Lipinski definition) is 0. The van der Waals surface area contributed by atoms with Gasteiger partial charge in [0.05, 0.1) is 0 Å². The zero-order valence-electron chi connectivity index (χ0n) is 15.5. The van der Waals surface area contributed by atoms with Gasteiger partial charge in [0.1, 0.15) is 0 Å². The molecule has 2 bridgehead atoms. The molecule has 0 spiro atoms. The van der Waals surface area contributed by atoms with Crippen LogP contribution in [0.5, 0.6) is 0 Å². The van der Waals surface area contributed by atoms with E-state index in [1.165, 1.54) is 11.1 Å². The van der Waals surface area contributed by atoms with Crippen LogP contribution >= 0.6 is 0 Å². The van der Waals surface area contributed by atoms with Crippen molar-refractivity contribution in [3.63, 3.8) is 0 Å². The number of rotatable bonds is 1. The van der Waals surface area contributed by atoms with E-state index < -0.39 is 0 Å². The van der Waals surface area contributed by atoms with Crippen molar-refractivity contribution < 1.29 is 9.59 Å². The van der Waals surface area contributed by atoms with Crippen molar-refractivity contribution in [2.24, 2.45) is 28.1 Å². The van der Waals surface area contributed by atoms with Crippen molar-refractivity contribution in [1.29, 1.82) is 0 Å². The maximum atomic E-state index is 13.5. The van der Waals surface area contributed by atoms with Crippen molar-refractivity contribution in [2.45, 2.75) is 48.0 Å². The molecule has 2 heteroatoms. The molecule has 1 saturated carbocycles. The minimum atomic E-state index is -0.245. The highest BCUT2D eigenvalue weighted by atomic mass is 16.1. The van der Waals surface area contributed by atoms with E-state index in [9.17, 15) is 9.59 Å². The summed E-state index contributed by atoms with van der Waals surface area (Å²) in [6, 6.07) is 7.40. The van der Waals surface area contributed by atoms with E-state index in [1.807, 2.05) is 24.3 Å². The van der Waals surface area contributed by atoms with Crippen LogP contribution in [0.4, 0.5) is 0 Å². The Morgan fingerprint density at radius 3 is 1.54 bits per heavy atom. The van der Waals surface area contributed by atoms with E-state index in [1.54, 1.807) is 0 Å². The van der Waals surface area contributed by atoms with Crippen LogP contribution < -0.4 is 0 Å². The predicted octanol–water partition coefficient (Wildman–Crippen LogP) is 5.09. The number of fused-ring (bicyclic) bond motifs is 6. The lowest BCUT2D eigenvalue weighted by atomic mass is 9.58. The number of ketones is 2. The largest absolute Gasteiger partial charge is 0.294 e. The SMILES string of the molecule is CCC1(C)C2(C)C(C)=C(C)C1(C)C1C(=O)c3ccccc3C(=O)C12. The standard InChI is InChI=1S/C22H26O2/c1-7-20(4)21(5)12(2)13(3)22(20,6)17-16(21)18(23)14-10-8-9-11-15(14)19(17)24/h8-11,16-17H,7H2,1-6H3. The number of benzene rings is 1. The Morgan fingerprint density at radius 1 is 0.833 bits per heavy atom. The van der Waals surface area contributed by atoms with Gasteiger partial charge in [-0.1, -0.05) is 63.1 Å². The fraction of sp³-hybridized carbons (Fsp3) is 0.545. The first kappa shape index (κ1) is 15.8. The molecule has 4 rings (SSSR count). The first-order valence-electron chi connectivity index (χ1n) is 9.03. The predicted molar refractivity (Wildman–Crippen MR) is 95.1 cm³/mol. The monoisotopic (exact) mass is 322 g/mol. The zero-order chi connectivity index (χ0) is 17.7. The van der Waals surface area contributed by atoms with Gasteiger partial charge in [-0.15, -0.1) is 0 Å². The van der Waals surface area contributed by atoms with Crippen LogP contribution in [0.2, 0.25) is 0 Å². The second kappa shape index (κ2) is 4.28. The second-order valence-corrected chi connectivity index (χ2v) is 8.57. The van der Waals surface area contributed by atoms with E-state index in [4.69, 9.17) is 0 Å². The lowest BCUT2D eigenvalue weighted by Crippen LogP contribution is -2.46. The fourth-order valence-electron chi connectivity index (χ4n) is 6.78. The maximum Gasteiger partial charge on any atom is 0.168 e. The summed E-state index contributed by atoms with van der Waals surface area (Å²) in [7, 11) is 0. The van der Waals surface area contributed by atoms with Gasteiger partial charge in [0, 0.05) is 33.8 Å². The van der Waals surface area contributed by atoms with Crippen LogP contribution in [0, 0.1) is 28.1 Å². The molecule has 0 saturated heterocycles. The molecular formula is C22H26O2. The first-order chi connectivity index (χ1) is 11.2. The van der Waals surface area contributed by atoms with Crippen molar-refractivity contribution in [3.8, 4) is 0 Å². The molecule has 1 aromatic rings. The molecule has 0 heterocycles. The van der Waals surface area contributed by atoms with Crippen LogP contribution in [0.1, 0.15) is 68.7 Å². The Hall–Kier alpha value is -1.70. The van der Waals surface area contributed by atoms with Gasteiger partial charge in [0.15, 0.2) is 11.6 Å². The average Bonchev–Trinajstić information content (AvgIpc) is 2.82. The smallest absolute Gasteiger partial charge is 0.168 e. The van der Waals surface area contributed by atoms with Gasteiger partial charge < -0.3 is 0 Å². The van der Waals surface area contributed by atoms with Gasteiger partial charge in [0.2, 0.25) is 0 Å². The van der Waals surface area contributed by atoms with E-state index in [0.29, 0.717) is 11.1 Å². The van der Waals surface area contributed by atoms with Crippen molar-refractivity contribution in [1.82, 2.24) is 0 Å². The van der Waals surface area contributed by atoms with Gasteiger partial charge in [-0.05, 0) is 25.7 Å². The summed E-state index contributed by atoms with van der Waals surface area (Å²) >= 11 is 0. The molecule has 4 atom stereocenters. The molecule has 1 fully saturated rings. The van der Waals surface area contributed by atoms with E-state index >= 15 is 0 Å². The maximum absolute atomic E-state index is 13.5. The minimum Gasteiger partial charge on any atom is -0.294 e. The Kier molecular flexibility index (Phi) is 2.82. The third-order valence-electron chi connectivity index (χ3n) is 8.72. The van der Waals surface area contributed by atoms with Crippen LogP contribution in [-0.2, 0) is 0 Å². The molecule has 3 aliphatic rings. The molecule has 0 aromatic heterocycles. The molecule has 0 aliphatic heterocycles. The summed E-state index contributed by atoms with van der Waals surface area (Å²) in [5.74, 6) is -0.0991. The van der Waals surface area contributed by atoms with Crippen LogP contribution in [0.25, 0.3) is 0 Å². The summed E-state index contributed by atoms with van der Waals surface area (Å²) < 4.78 is 0. The number of allylic oxidation sites excluding steroid dienone is 2. The third-order valence-corrected chi connectivity index (χ3v) is 8.72. The lowest BCUT2D eigenvalue weighted by Gasteiger charge is -2.44. The second-order valence-electron chi connectivity index (χ2n) is 8.57. The lowest BCUT2D eigenvalue weighted by molar-refractivity contribution is 0.0544. The Balaban J connectivity index is 2.08. The highest BCUT2D eigenvalue weighted by Gasteiger charge is 2.78. The van der Waals surface area contributed by atoms with Crippen LogP contribution in [0.15, 0.2) is 35.4 Å². The number of carbonyl (C=O) groups excluding carboxylic acids is 2. The topological polar surface area (TPSA) is 34.1 Å². The fourth-order valence-corrected chi connectivity index (χ4v) is 6.78. The Labute approximate surface area is 144 Å². The summed E-state index contributed by atoms with van der Waals surface area (Å²) in [5.41, 5.74) is 3.36. The third kappa shape index (κ3) is 1.23. The number of carbonyl (C=O) groups is 2. The zero-order valence-corrected chi connectivity index (χ0v) is 15.5. The minimum absolute atomic E-state index is 0.0726. The molecule has 0 radical (unpaired) electrons. The van der Waals surface area contributed by atoms with E-state index in [2.05, 4.69) is 41.5 Å².